The van der Waals surface area contributed by atoms with Crippen molar-refractivity contribution in [1.29, 1.82) is 0 Å². The Morgan fingerprint density at radius 1 is 1.10 bits per heavy atom. The summed E-state index contributed by atoms with van der Waals surface area (Å²) in [4.78, 5) is 23.2. The van der Waals surface area contributed by atoms with E-state index in [0.29, 0.717) is 5.56 Å². The molecule has 29 heavy (non-hydrogen) atoms. The van der Waals surface area contributed by atoms with Crippen LogP contribution in [0.3, 0.4) is 0 Å². The summed E-state index contributed by atoms with van der Waals surface area (Å²) in [6, 6.07) is 0.581. The number of hydrogen-bond acceptors (Lipinski definition) is 6. The van der Waals surface area contributed by atoms with Gasteiger partial charge in [-0.05, 0) is 63.4 Å². The molecular weight excluding hydrogens is 415 g/mol. The standard InChI is InChI=1S/C18H24F3NO6S/c1-10-7-12(29(25,26)18(19,20)21)8-11(2)13(10)9-14(15(23)27-6)22-16(24)28-17(3,4)5/h7-8,14H,9H2,1-6H3,(H,22,24)/t14-/m0/s1. The highest BCUT2D eigenvalue weighted by atomic mass is 32.2. The van der Waals surface area contributed by atoms with Crippen LogP contribution in [0.5, 0.6) is 0 Å². The molecule has 1 N–H and O–H groups in total. The van der Waals surface area contributed by atoms with Gasteiger partial charge >= 0.3 is 17.6 Å². The second-order valence-corrected chi connectivity index (χ2v) is 9.35. The van der Waals surface area contributed by atoms with Gasteiger partial charge in [0.05, 0.1) is 12.0 Å². The zero-order valence-electron chi connectivity index (χ0n) is 16.9. The number of hydrogen-bond donors (Lipinski definition) is 1. The monoisotopic (exact) mass is 439 g/mol. The zero-order valence-corrected chi connectivity index (χ0v) is 17.7. The molecule has 1 aromatic carbocycles. The summed E-state index contributed by atoms with van der Waals surface area (Å²) in [5, 5.41) is 2.36. The lowest BCUT2D eigenvalue weighted by molar-refractivity contribution is -0.143. The van der Waals surface area contributed by atoms with Crippen molar-refractivity contribution in [3.63, 3.8) is 0 Å². The van der Waals surface area contributed by atoms with Crippen molar-refractivity contribution >= 4 is 21.9 Å². The molecule has 1 atom stereocenters. The van der Waals surface area contributed by atoms with Gasteiger partial charge in [-0.2, -0.15) is 13.2 Å². The Kier molecular flexibility index (Phi) is 7.34. The fourth-order valence-electron chi connectivity index (χ4n) is 2.55. The summed E-state index contributed by atoms with van der Waals surface area (Å²) in [5.74, 6) is -0.790. The molecule has 0 unspecified atom stereocenters. The number of ether oxygens (including phenoxy) is 2. The molecule has 0 saturated heterocycles. The Hall–Kier alpha value is -2.30. The van der Waals surface area contributed by atoms with E-state index >= 15 is 0 Å². The van der Waals surface area contributed by atoms with Crippen LogP contribution in [0.1, 0.15) is 37.5 Å². The molecule has 1 aromatic rings. The van der Waals surface area contributed by atoms with Crippen LogP contribution >= 0.6 is 0 Å². The van der Waals surface area contributed by atoms with E-state index < -0.39 is 43.9 Å². The van der Waals surface area contributed by atoms with E-state index in [1.165, 1.54) is 13.8 Å². The molecule has 0 saturated carbocycles. The Labute approximate surface area is 167 Å². The smallest absolute Gasteiger partial charge is 0.467 e. The number of sulfone groups is 1. The number of alkyl halides is 3. The molecule has 0 aliphatic carbocycles. The van der Waals surface area contributed by atoms with Gasteiger partial charge in [0, 0.05) is 6.42 Å². The van der Waals surface area contributed by atoms with Crippen LogP contribution in [0, 0.1) is 13.8 Å². The van der Waals surface area contributed by atoms with Gasteiger partial charge in [0.25, 0.3) is 9.84 Å². The van der Waals surface area contributed by atoms with E-state index in [9.17, 15) is 31.2 Å². The zero-order chi connectivity index (χ0) is 22.8. The quantitative estimate of drug-likeness (QED) is 0.708. The molecule has 7 nitrogen and oxygen atoms in total. The maximum Gasteiger partial charge on any atom is 0.501 e. The van der Waals surface area contributed by atoms with Crippen molar-refractivity contribution in [3.05, 3.63) is 28.8 Å². The fraction of sp³-hybridized carbons (Fsp3) is 0.556. The average molecular weight is 439 g/mol. The van der Waals surface area contributed by atoms with Crippen LogP contribution in [0.15, 0.2) is 17.0 Å². The highest BCUT2D eigenvalue weighted by Crippen LogP contribution is 2.32. The van der Waals surface area contributed by atoms with Crippen LogP contribution < -0.4 is 5.32 Å². The van der Waals surface area contributed by atoms with Crippen molar-refractivity contribution in [3.8, 4) is 0 Å². The van der Waals surface area contributed by atoms with Gasteiger partial charge in [-0.1, -0.05) is 0 Å². The first-order valence-electron chi connectivity index (χ1n) is 8.48. The molecule has 1 amide bonds. The highest BCUT2D eigenvalue weighted by Gasteiger charge is 2.47. The lowest BCUT2D eigenvalue weighted by atomic mass is 9.96. The van der Waals surface area contributed by atoms with Gasteiger partial charge in [-0.3, -0.25) is 0 Å². The second kappa shape index (κ2) is 8.60. The molecule has 0 bridgehead atoms. The van der Waals surface area contributed by atoms with Crippen molar-refractivity contribution < 1.29 is 40.7 Å². The summed E-state index contributed by atoms with van der Waals surface area (Å²) >= 11 is 0. The predicted molar refractivity (Wildman–Crippen MR) is 98.0 cm³/mol. The number of benzene rings is 1. The fourth-order valence-corrected chi connectivity index (χ4v) is 3.49. The molecule has 1 rings (SSSR count). The molecule has 0 spiro atoms. The molecule has 0 aromatic heterocycles. The minimum Gasteiger partial charge on any atom is -0.467 e. The van der Waals surface area contributed by atoms with E-state index in [1.807, 2.05) is 0 Å². The molecule has 0 radical (unpaired) electrons. The molecule has 0 aliphatic rings. The van der Waals surface area contributed by atoms with E-state index in [2.05, 4.69) is 10.1 Å². The number of carbonyl (C=O) groups excluding carboxylic acids is 2. The van der Waals surface area contributed by atoms with Gasteiger partial charge in [-0.25, -0.2) is 18.0 Å². The molecule has 0 fully saturated rings. The van der Waals surface area contributed by atoms with Gasteiger partial charge < -0.3 is 14.8 Å². The van der Waals surface area contributed by atoms with Gasteiger partial charge in [-0.15, -0.1) is 0 Å². The van der Waals surface area contributed by atoms with Crippen molar-refractivity contribution in [2.24, 2.45) is 0 Å². The number of alkyl carbamates (subject to hydrolysis) is 1. The number of aryl methyl sites for hydroxylation is 2. The number of rotatable bonds is 5. The highest BCUT2D eigenvalue weighted by molar-refractivity contribution is 7.92. The third kappa shape index (κ3) is 6.34. The number of esters is 1. The van der Waals surface area contributed by atoms with Crippen molar-refractivity contribution in [2.75, 3.05) is 7.11 Å². The van der Waals surface area contributed by atoms with Crippen LogP contribution in [0.4, 0.5) is 18.0 Å². The van der Waals surface area contributed by atoms with Crippen molar-refractivity contribution in [1.82, 2.24) is 5.32 Å². The Bertz CT molecular complexity index is 865. The van der Waals surface area contributed by atoms with Crippen LogP contribution in [0.25, 0.3) is 0 Å². The third-order valence-electron chi connectivity index (χ3n) is 3.87. The third-order valence-corrected chi connectivity index (χ3v) is 5.34. The number of halogens is 3. The van der Waals surface area contributed by atoms with E-state index in [1.54, 1.807) is 20.8 Å². The van der Waals surface area contributed by atoms with Crippen LogP contribution in [-0.2, 0) is 30.5 Å². The lowest BCUT2D eigenvalue weighted by Gasteiger charge is -2.23. The summed E-state index contributed by atoms with van der Waals surface area (Å²) in [6.07, 6.45) is -1.00. The topological polar surface area (TPSA) is 98.8 Å². The lowest BCUT2D eigenvalue weighted by Crippen LogP contribution is -2.45. The van der Waals surface area contributed by atoms with Crippen LogP contribution in [-0.4, -0.2) is 44.7 Å². The first kappa shape index (κ1) is 24.7. The molecule has 0 aliphatic heterocycles. The predicted octanol–water partition coefficient (Wildman–Crippen LogP) is 3.21. The second-order valence-electron chi connectivity index (χ2n) is 7.41. The molecular formula is C18H24F3NO6S. The number of nitrogens with one attached hydrogen (secondary N) is 1. The van der Waals surface area contributed by atoms with E-state index in [0.717, 1.165) is 19.2 Å². The SMILES string of the molecule is COC(=O)[C@H](Cc1c(C)cc(S(=O)(=O)C(F)(F)F)cc1C)NC(=O)OC(C)(C)C. The minimum atomic E-state index is -5.51. The Morgan fingerprint density at radius 2 is 1.59 bits per heavy atom. The molecule has 164 valence electrons. The molecule has 0 heterocycles. The summed E-state index contributed by atoms with van der Waals surface area (Å²) in [5.41, 5.74) is -5.41. The van der Waals surface area contributed by atoms with Gasteiger partial charge in [0.15, 0.2) is 0 Å². The average Bonchev–Trinajstić information content (AvgIpc) is 2.53. The summed E-state index contributed by atoms with van der Waals surface area (Å²) < 4.78 is 71.5. The van der Waals surface area contributed by atoms with Crippen molar-refractivity contribution in [2.45, 2.75) is 63.1 Å². The first-order valence-corrected chi connectivity index (χ1v) is 9.96. The number of carbonyl (C=O) groups is 2. The Balaban J connectivity index is 3.24. The largest absolute Gasteiger partial charge is 0.501 e. The summed E-state index contributed by atoms with van der Waals surface area (Å²) in [7, 11) is -4.39. The van der Waals surface area contributed by atoms with E-state index in [4.69, 9.17) is 4.74 Å². The normalized spacial score (nSPS) is 13.6. The minimum absolute atomic E-state index is 0.129. The summed E-state index contributed by atoms with van der Waals surface area (Å²) in [6.45, 7) is 7.73. The number of methoxy groups -OCH3 is 1. The number of amides is 1. The maximum absolute atomic E-state index is 12.8. The molecule has 11 heteroatoms. The van der Waals surface area contributed by atoms with Gasteiger partial charge in [0.1, 0.15) is 11.6 Å². The Morgan fingerprint density at radius 3 is 1.97 bits per heavy atom. The first-order chi connectivity index (χ1) is 13.0. The maximum atomic E-state index is 12.8. The van der Waals surface area contributed by atoms with E-state index in [-0.39, 0.29) is 17.5 Å². The van der Waals surface area contributed by atoms with Crippen LogP contribution in [0.2, 0.25) is 0 Å². The van der Waals surface area contributed by atoms with Gasteiger partial charge in [0.2, 0.25) is 0 Å².